The van der Waals surface area contributed by atoms with Crippen molar-refractivity contribution in [2.75, 3.05) is 32.8 Å². The van der Waals surface area contributed by atoms with Crippen LogP contribution < -0.4 is 4.74 Å². The second kappa shape index (κ2) is 8.07. The van der Waals surface area contributed by atoms with E-state index in [1.54, 1.807) is 0 Å². The van der Waals surface area contributed by atoms with Gasteiger partial charge in [-0.2, -0.15) is 0 Å². The van der Waals surface area contributed by atoms with Crippen molar-refractivity contribution >= 4 is 17.2 Å². The second-order valence-electron chi connectivity index (χ2n) is 8.47. The predicted molar refractivity (Wildman–Crippen MR) is 116 cm³/mol. The molecule has 5 nitrogen and oxygen atoms in total. The molecule has 0 radical (unpaired) electrons. The summed E-state index contributed by atoms with van der Waals surface area (Å²) in [6.45, 7) is 6.40. The average Bonchev–Trinajstić information content (AvgIpc) is 3.43. The smallest absolute Gasteiger partial charge is 0.265 e. The third-order valence-corrected chi connectivity index (χ3v) is 7.79. The number of rotatable bonds is 3. The summed E-state index contributed by atoms with van der Waals surface area (Å²) < 4.78 is 5.81. The van der Waals surface area contributed by atoms with Gasteiger partial charge >= 0.3 is 0 Å². The molecule has 1 aliphatic carbocycles. The summed E-state index contributed by atoms with van der Waals surface area (Å²) in [6.07, 6.45) is 7.53. The molecule has 3 heterocycles. The molecule has 154 valence electrons. The van der Waals surface area contributed by atoms with Crippen molar-refractivity contribution in [1.82, 2.24) is 14.8 Å². The van der Waals surface area contributed by atoms with Crippen LogP contribution in [-0.4, -0.2) is 59.5 Å². The van der Waals surface area contributed by atoms with Gasteiger partial charge in [-0.15, -0.1) is 11.3 Å². The Morgan fingerprint density at radius 1 is 1.14 bits per heavy atom. The van der Waals surface area contributed by atoms with Crippen LogP contribution in [0.3, 0.4) is 0 Å². The first-order valence-electron chi connectivity index (χ1n) is 11.0. The number of piperazine rings is 1. The maximum Gasteiger partial charge on any atom is 0.265 e. The molecule has 5 rings (SSSR count). The van der Waals surface area contributed by atoms with Gasteiger partial charge in [0.25, 0.3) is 5.91 Å². The number of aromatic nitrogens is 1. The lowest BCUT2D eigenvalue weighted by Crippen LogP contribution is -2.51. The maximum absolute atomic E-state index is 13.2. The average molecular weight is 412 g/mol. The molecule has 0 spiro atoms. The Labute approximate surface area is 176 Å². The molecule has 1 saturated heterocycles. The zero-order valence-electron chi connectivity index (χ0n) is 17.2. The van der Waals surface area contributed by atoms with Gasteiger partial charge in [-0.25, -0.2) is 4.98 Å². The van der Waals surface area contributed by atoms with Gasteiger partial charge in [-0.3, -0.25) is 9.69 Å². The Morgan fingerprint density at radius 3 is 2.72 bits per heavy atom. The van der Waals surface area contributed by atoms with Gasteiger partial charge in [-0.1, -0.05) is 25.0 Å². The molecule has 3 aliphatic rings. The largest absolute Gasteiger partial charge is 0.493 e. The number of carbonyl (C=O) groups is 1. The highest BCUT2D eigenvalue weighted by atomic mass is 32.1. The highest BCUT2D eigenvalue weighted by Crippen LogP contribution is 2.34. The van der Waals surface area contributed by atoms with Crippen LogP contribution in [0.4, 0.5) is 0 Å². The zero-order chi connectivity index (χ0) is 19.8. The molecule has 1 saturated carbocycles. The van der Waals surface area contributed by atoms with Crippen molar-refractivity contribution in [2.24, 2.45) is 0 Å². The molecule has 0 unspecified atom stereocenters. The molecule has 2 aromatic rings. The molecule has 0 bridgehead atoms. The summed E-state index contributed by atoms with van der Waals surface area (Å²) >= 11 is 1.52. The highest BCUT2D eigenvalue weighted by Gasteiger charge is 2.29. The SMILES string of the molecule is Cc1nc(-c2ccc3c(c2)OCCC3)sc1C(=O)N1CCN(C2CCCC2)CC1. The molecule has 1 aromatic heterocycles. The number of nitrogens with zero attached hydrogens (tertiary/aromatic N) is 3. The van der Waals surface area contributed by atoms with E-state index in [0.29, 0.717) is 0 Å². The Hall–Kier alpha value is -1.92. The fraction of sp³-hybridized carbons (Fsp3) is 0.565. The molecular formula is C23H29N3O2S. The first-order chi connectivity index (χ1) is 14.2. The Balaban J connectivity index is 1.29. The summed E-state index contributed by atoms with van der Waals surface area (Å²) in [6, 6.07) is 7.08. The van der Waals surface area contributed by atoms with Crippen molar-refractivity contribution in [3.63, 3.8) is 0 Å². The fourth-order valence-electron chi connectivity index (χ4n) is 4.89. The van der Waals surface area contributed by atoms with E-state index in [1.807, 2.05) is 11.8 Å². The van der Waals surface area contributed by atoms with Gasteiger partial charge in [0.2, 0.25) is 0 Å². The van der Waals surface area contributed by atoms with Crippen LogP contribution in [0.5, 0.6) is 5.75 Å². The zero-order valence-corrected chi connectivity index (χ0v) is 18.0. The van der Waals surface area contributed by atoms with E-state index >= 15 is 0 Å². The van der Waals surface area contributed by atoms with Crippen LogP contribution in [0.15, 0.2) is 18.2 Å². The summed E-state index contributed by atoms with van der Waals surface area (Å²) in [5.74, 6) is 1.11. The topological polar surface area (TPSA) is 45.7 Å². The molecule has 0 atom stereocenters. The number of amides is 1. The Morgan fingerprint density at radius 2 is 1.93 bits per heavy atom. The normalized spacial score (nSPS) is 20.5. The minimum atomic E-state index is 0.145. The fourth-order valence-corrected chi connectivity index (χ4v) is 5.93. The minimum absolute atomic E-state index is 0.145. The number of benzene rings is 1. The lowest BCUT2D eigenvalue weighted by atomic mass is 10.0. The molecule has 1 aromatic carbocycles. The van der Waals surface area contributed by atoms with Crippen molar-refractivity contribution in [3.8, 4) is 16.3 Å². The van der Waals surface area contributed by atoms with Crippen LogP contribution >= 0.6 is 11.3 Å². The number of fused-ring (bicyclic) bond motifs is 1. The summed E-state index contributed by atoms with van der Waals surface area (Å²) in [4.78, 5) is 23.3. The second-order valence-corrected chi connectivity index (χ2v) is 9.47. The lowest BCUT2D eigenvalue weighted by Gasteiger charge is -2.37. The van der Waals surface area contributed by atoms with E-state index in [4.69, 9.17) is 9.72 Å². The van der Waals surface area contributed by atoms with E-state index in [1.165, 1.54) is 42.6 Å². The van der Waals surface area contributed by atoms with Crippen molar-refractivity contribution in [1.29, 1.82) is 0 Å². The summed E-state index contributed by atoms with van der Waals surface area (Å²) in [5, 5.41) is 0.910. The van der Waals surface area contributed by atoms with Crippen LogP contribution in [0.25, 0.3) is 10.6 Å². The Kier molecular flexibility index (Phi) is 5.31. The minimum Gasteiger partial charge on any atom is -0.493 e. The third kappa shape index (κ3) is 3.80. The number of ether oxygens (including phenoxy) is 1. The van der Waals surface area contributed by atoms with Gasteiger partial charge in [0.15, 0.2) is 0 Å². The lowest BCUT2D eigenvalue weighted by molar-refractivity contribution is 0.0577. The number of hydrogen-bond donors (Lipinski definition) is 0. The van der Waals surface area contributed by atoms with Gasteiger partial charge in [0.1, 0.15) is 15.6 Å². The van der Waals surface area contributed by atoms with Crippen LogP contribution in [0.1, 0.15) is 53.0 Å². The van der Waals surface area contributed by atoms with E-state index in [2.05, 4.69) is 23.1 Å². The number of hydrogen-bond acceptors (Lipinski definition) is 5. The summed E-state index contributed by atoms with van der Waals surface area (Å²) in [7, 11) is 0. The van der Waals surface area contributed by atoms with Crippen molar-refractivity contribution in [3.05, 3.63) is 34.3 Å². The summed E-state index contributed by atoms with van der Waals surface area (Å²) in [5.41, 5.74) is 3.15. The van der Waals surface area contributed by atoms with Gasteiger partial charge < -0.3 is 9.64 Å². The van der Waals surface area contributed by atoms with Crippen molar-refractivity contribution in [2.45, 2.75) is 51.5 Å². The monoisotopic (exact) mass is 411 g/mol. The van der Waals surface area contributed by atoms with E-state index in [0.717, 1.165) is 78.6 Å². The molecule has 0 N–H and O–H groups in total. The highest BCUT2D eigenvalue weighted by molar-refractivity contribution is 7.17. The van der Waals surface area contributed by atoms with Crippen LogP contribution in [0, 0.1) is 6.92 Å². The van der Waals surface area contributed by atoms with E-state index in [9.17, 15) is 4.79 Å². The van der Waals surface area contributed by atoms with Crippen LogP contribution in [-0.2, 0) is 6.42 Å². The predicted octanol–water partition coefficient (Wildman–Crippen LogP) is 4.14. The van der Waals surface area contributed by atoms with Crippen molar-refractivity contribution < 1.29 is 9.53 Å². The third-order valence-electron chi connectivity index (χ3n) is 6.60. The maximum atomic E-state index is 13.2. The van der Waals surface area contributed by atoms with Gasteiger partial charge in [0, 0.05) is 37.8 Å². The molecule has 1 amide bonds. The quantitative estimate of drug-likeness (QED) is 0.761. The molecule has 2 aliphatic heterocycles. The Bertz CT molecular complexity index is 896. The number of aryl methyl sites for hydroxylation is 2. The van der Waals surface area contributed by atoms with E-state index < -0.39 is 0 Å². The van der Waals surface area contributed by atoms with E-state index in [-0.39, 0.29) is 5.91 Å². The van der Waals surface area contributed by atoms with Gasteiger partial charge in [-0.05, 0) is 44.2 Å². The standard InChI is InChI=1S/C23H29N3O2S/c1-16-21(23(27)26-12-10-25(11-13-26)19-6-2-3-7-19)29-22(24-16)18-9-8-17-5-4-14-28-20(17)15-18/h8-9,15,19H,2-7,10-14H2,1H3. The molecule has 29 heavy (non-hydrogen) atoms. The van der Waals surface area contributed by atoms with Crippen LogP contribution in [0.2, 0.25) is 0 Å². The number of thiazole rings is 1. The van der Waals surface area contributed by atoms with Gasteiger partial charge in [0.05, 0.1) is 12.3 Å². The first kappa shape index (κ1) is 19.1. The molecule has 6 heteroatoms. The molecular weight excluding hydrogens is 382 g/mol. The number of carbonyl (C=O) groups excluding carboxylic acids is 1. The molecule has 2 fully saturated rings. The first-order valence-corrected chi connectivity index (χ1v) is 11.8.